The Bertz CT molecular complexity index is 1490. The minimum atomic E-state index is -0.219. The zero-order valence-corrected chi connectivity index (χ0v) is 22.4. The van der Waals surface area contributed by atoms with Crippen molar-refractivity contribution in [2.75, 3.05) is 11.9 Å². The summed E-state index contributed by atoms with van der Waals surface area (Å²) in [5.74, 6) is 0.418. The number of benzene rings is 1. The summed E-state index contributed by atoms with van der Waals surface area (Å²) in [6.45, 7) is 14.9. The monoisotopic (exact) mass is 511 g/mol. The Morgan fingerprint density at radius 3 is 2.71 bits per heavy atom. The van der Waals surface area contributed by atoms with Crippen LogP contribution in [0.1, 0.15) is 58.4 Å². The third kappa shape index (κ3) is 4.15. The van der Waals surface area contributed by atoms with Crippen molar-refractivity contribution < 1.29 is 0 Å². The quantitative estimate of drug-likeness (QED) is 0.394. The smallest absolute Gasteiger partial charge is 0.278 e. The molecule has 1 aliphatic heterocycles. The summed E-state index contributed by atoms with van der Waals surface area (Å²) < 4.78 is 4.00. The van der Waals surface area contributed by atoms with Crippen LogP contribution in [0.4, 0.5) is 11.6 Å². The number of fused-ring (bicyclic) bond motifs is 2. The van der Waals surface area contributed by atoms with Gasteiger partial charge in [-0.2, -0.15) is 4.98 Å². The van der Waals surface area contributed by atoms with E-state index in [1.54, 1.807) is 15.6 Å². The van der Waals surface area contributed by atoms with Gasteiger partial charge in [0.15, 0.2) is 5.65 Å². The van der Waals surface area contributed by atoms with Crippen LogP contribution in [0.3, 0.4) is 0 Å². The van der Waals surface area contributed by atoms with Gasteiger partial charge in [-0.25, -0.2) is 19.3 Å². The highest BCUT2D eigenvalue weighted by Gasteiger charge is 2.28. The van der Waals surface area contributed by atoms with Gasteiger partial charge in [0.2, 0.25) is 11.1 Å². The number of rotatable bonds is 4. The zero-order chi connectivity index (χ0) is 25.1. The fourth-order valence-corrected chi connectivity index (χ4v) is 6.17. The number of thiazole rings is 1. The minimum absolute atomic E-state index is 0.0849. The normalized spacial score (nSPS) is 15.4. The molecule has 5 rings (SSSR count). The lowest BCUT2D eigenvalue weighted by molar-refractivity contribution is 0.435. The number of anilines is 2. The van der Waals surface area contributed by atoms with Crippen molar-refractivity contribution in [3.8, 4) is 5.13 Å². The van der Waals surface area contributed by atoms with Gasteiger partial charge in [0.05, 0.1) is 5.69 Å². The van der Waals surface area contributed by atoms with E-state index in [0.29, 0.717) is 33.0 Å². The zero-order valence-electron chi connectivity index (χ0n) is 20.9. The molecule has 4 aromatic rings. The molecule has 0 unspecified atom stereocenters. The molecule has 184 valence electrons. The second kappa shape index (κ2) is 8.43. The van der Waals surface area contributed by atoms with Crippen molar-refractivity contribution in [1.29, 1.82) is 0 Å². The van der Waals surface area contributed by atoms with Crippen molar-refractivity contribution >= 4 is 45.6 Å². The van der Waals surface area contributed by atoms with E-state index in [2.05, 4.69) is 68.4 Å². The Kier molecular flexibility index (Phi) is 5.77. The van der Waals surface area contributed by atoms with Crippen LogP contribution < -0.4 is 16.2 Å². The van der Waals surface area contributed by atoms with E-state index in [0.717, 1.165) is 24.5 Å². The number of hydrogen-bond acceptors (Lipinski definition) is 7. The summed E-state index contributed by atoms with van der Waals surface area (Å²) in [7, 11) is 0. The Morgan fingerprint density at radius 1 is 1.26 bits per heavy atom. The predicted molar refractivity (Wildman–Crippen MR) is 143 cm³/mol. The maximum atomic E-state index is 13.1. The van der Waals surface area contributed by atoms with Crippen LogP contribution in [0.5, 0.6) is 0 Å². The topological polar surface area (TPSA) is 89.7 Å². The second-order valence-electron chi connectivity index (χ2n) is 10.6. The fourth-order valence-electron chi connectivity index (χ4n) is 4.62. The lowest BCUT2D eigenvalue weighted by atomic mass is 9.79. The molecule has 0 radical (unpaired) electrons. The molecule has 10 heteroatoms. The van der Waals surface area contributed by atoms with Crippen molar-refractivity contribution in [3.63, 3.8) is 0 Å². The van der Waals surface area contributed by atoms with Crippen LogP contribution in [-0.4, -0.2) is 30.9 Å². The second-order valence-corrected chi connectivity index (χ2v) is 12.2. The average molecular weight is 512 g/mol. The van der Waals surface area contributed by atoms with Gasteiger partial charge >= 0.3 is 0 Å². The van der Waals surface area contributed by atoms with Crippen LogP contribution in [-0.2, 0) is 23.9 Å². The fraction of sp³-hybridized carbons (Fsp3) is 0.440. The Morgan fingerprint density at radius 2 is 2.03 bits per heavy atom. The van der Waals surface area contributed by atoms with Gasteiger partial charge in [-0.05, 0) is 30.2 Å². The first-order chi connectivity index (χ1) is 16.5. The molecular weight excluding hydrogens is 482 g/mol. The summed E-state index contributed by atoms with van der Waals surface area (Å²) in [4.78, 5) is 27.1. The van der Waals surface area contributed by atoms with Crippen LogP contribution in [0.15, 0.2) is 29.2 Å². The highest BCUT2D eigenvalue weighted by Crippen LogP contribution is 2.36. The van der Waals surface area contributed by atoms with Gasteiger partial charge in [0.1, 0.15) is 9.72 Å². The third-order valence-corrected chi connectivity index (χ3v) is 7.64. The lowest BCUT2D eigenvalue weighted by Crippen LogP contribution is -2.38. The molecule has 8 nitrogen and oxygen atoms in total. The van der Waals surface area contributed by atoms with E-state index in [4.69, 9.17) is 21.6 Å². The molecule has 0 spiro atoms. The summed E-state index contributed by atoms with van der Waals surface area (Å²) in [5, 5.41) is 7.86. The Labute approximate surface area is 213 Å². The molecule has 4 heterocycles. The summed E-state index contributed by atoms with van der Waals surface area (Å²) in [5.41, 5.74) is 4.52. The van der Waals surface area contributed by atoms with E-state index in [1.807, 2.05) is 6.92 Å². The molecule has 1 aromatic carbocycles. The summed E-state index contributed by atoms with van der Waals surface area (Å²) in [6, 6.07) is 6.36. The summed E-state index contributed by atoms with van der Waals surface area (Å²) in [6.07, 6.45) is 1.58. The van der Waals surface area contributed by atoms with Gasteiger partial charge in [-0.3, -0.25) is 4.79 Å². The van der Waals surface area contributed by atoms with E-state index >= 15 is 0 Å². The molecule has 0 atom stereocenters. The molecule has 0 bridgehead atoms. The van der Waals surface area contributed by atoms with Crippen LogP contribution >= 0.6 is 22.9 Å². The van der Waals surface area contributed by atoms with Gasteiger partial charge < -0.3 is 10.6 Å². The lowest BCUT2D eigenvalue weighted by Gasteiger charge is -2.33. The molecule has 0 fully saturated rings. The summed E-state index contributed by atoms with van der Waals surface area (Å²) >= 11 is 7.90. The standard InChI is InChI=1S/C25H30ClN7OS/c1-7-32-21(34)16-12-28-22(29-15-8-9-17-14(10-15)11-27-13-25(17,5)6)31-20(16)33(32)23-30-18(19(26)35-23)24(2,3)4/h8-10,12,27H,7,11,13H2,1-6H3,(H,28,29,31). The maximum absolute atomic E-state index is 13.1. The molecule has 3 aromatic heterocycles. The van der Waals surface area contributed by atoms with E-state index in [1.165, 1.54) is 22.5 Å². The van der Waals surface area contributed by atoms with E-state index in [9.17, 15) is 4.79 Å². The minimum Gasteiger partial charge on any atom is -0.324 e. The average Bonchev–Trinajstić information content (AvgIpc) is 3.30. The SMILES string of the molecule is CCn1c(=O)c2cnc(Nc3ccc4c(c3)CNCC4(C)C)nc2n1-c1nc(C(C)(C)C)c(Cl)s1. The number of aromatic nitrogens is 5. The molecule has 0 amide bonds. The van der Waals surface area contributed by atoms with Gasteiger partial charge in [-0.15, -0.1) is 0 Å². The van der Waals surface area contributed by atoms with E-state index < -0.39 is 0 Å². The third-order valence-electron chi connectivity index (χ3n) is 6.41. The molecule has 2 N–H and O–H groups in total. The number of nitrogens with zero attached hydrogens (tertiary/aromatic N) is 5. The predicted octanol–water partition coefficient (Wildman–Crippen LogP) is 5.13. The molecular formula is C25H30ClN7OS. The molecule has 0 saturated heterocycles. The van der Waals surface area contributed by atoms with Gasteiger partial charge in [0.25, 0.3) is 5.56 Å². The largest absolute Gasteiger partial charge is 0.324 e. The molecule has 0 aliphatic carbocycles. The van der Waals surface area contributed by atoms with Crippen LogP contribution in [0.2, 0.25) is 4.34 Å². The van der Waals surface area contributed by atoms with Crippen molar-refractivity contribution in [1.82, 2.24) is 29.6 Å². The molecule has 35 heavy (non-hydrogen) atoms. The number of hydrogen-bond donors (Lipinski definition) is 2. The number of nitrogens with one attached hydrogen (secondary N) is 2. The van der Waals surface area contributed by atoms with Crippen molar-refractivity contribution in [2.45, 2.75) is 65.5 Å². The van der Waals surface area contributed by atoms with Crippen molar-refractivity contribution in [3.05, 3.63) is 55.9 Å². The van der Waals surface area contributed by atoms with Crippen LogP contribution in [0.25, 0.3) is 16.2 Å². The number of halogens is 1. The first-order valence-corrected chi connectivity index (χ1v) is 13.0. The first kappa shape index (κ1) is 24.0. The Balaban J connectivity index is 1.59. The Hall–Kier alpha value is -2.75. The van der Waals surface area contributed by atoms with Crippen LogP contribution in [0, 0.1) is 0 Å². The highest BCUT2D eigenvalue weighted by atomic mass is 35.5. The van der Waals surface area contributed by atoms with Crippen molar-refractivity contribution in [2.24, 2.45) is 0 Å². The highest BCUT2D eigenvalue weighted by molar-refractivity contribution is 7.18. The van der Waals surface area contributed by atoms with E-state index in [-0.39, 0.29) is 16.4 Å². The van der Waals surface area contributed by atoms with Gasteiger partial charge in [0, 0.05) is 42.3 Å². The first-order valence-electron chi connectivity index (χ1n) is 11.8. The maximum Gasteiger partial charge on any atom is 0.278 e. The van der Waals surface area contributed by atoms with Gasteiger partial charge in [-0.1, -0.05) is 63.6 Å². The molecule has 0 saturated carbocycles. The molecule has 1 aliphatic rings.